The normalized spacial score (nSPS) is 13.9. The second-order valence-corrected chi connectivity index (χ2v) is 6.32. The minimum absolute atomic E-state index is 0.0126. The summed E-state index contributed by atoms with van der Waals surface area (Å²) < 4.78 is 25.3. The Morgan fingerprint density at radius 1 is 1.29 bits per heavy atom. The van der Waals surface area contributed by atoms with Crippen LogP contribution in [-0.4, -0.2) is 38.6 Å². The first-order valence-electron chi connectivity index (χ1n) is 5.66. The fourth-order valence-corrected chi connectivity index (χ4v) is 3.10. The number of nitrogens with two attached hydrogens (primary N) is 1. The van der Waals surface area contributed by atoms with Crippen LogP contribution in [0.25, 0.3) is 0 Å². The van der Waals surface area contributed by atoms with Gasteiger partial charge in [0.15, 0.2) is 0 Å². The summed E-state index contributed by atoms with van der Waals surface area (Å²) in [5, 5.41) is 0. The first-order valence-corrected chi connectivity index (χ1v) is 7.27. The molecule has 0 aliphatic rings. The number of benzene rings is 1. The molecule has 4 nitrogen and oxygen atoms in total. The van der Waals surface area contributed by atoms with Crippen LogP contribution < -0.4 is 5.73 Å². The molecular weight excluding hydrogens is 236 g/mol. The molecule has 17 heavy (non-hydrogen) atoms. The second-order valence-electron chi connectivity index (χ2n) is 4.20. The zero-order valence-electron chi connectivity index (χ0n) is 10.3. The summed E-state index contributed by atoms with van der Waals surface area (Å²) in [6.45, 7) is 2.63. The number of hydrogen-bond acceptors (Lipinski definition) is 3. The van der Waals surface area contributed by atoms with E-state index in [0.29, 0.717) is 13.1 Å². The summed E-state index contributed by atoms with van der Waals surface area (Å²) in [5.74, 6) is 0.106. The molecule has 0 aromatic heterocycles. The molecule has 5 heteroatoms. The van der Waals surface area contributed by atoms with E-state index in [9.17, 15) is 8.42 Å². The van der Waals surface area contributed by atoms with E-state index in [1.807, 2.05) is 37.3 Å². The fourth-order valence-electron chi connectivity index (χ4n) is 1.64. The van der Waals surface area contributed by atoms with Gasteiger partial charge in [-0.2, -0.15) is 0 Å². The van der Waals surface area contributed by atoms with Gasteiger partial charge in [0, 0.05) is 20.1 Å². The van der Waals surface area contributed by atoms with Gasteiger partial charge < -0.3 is 5.73 Å². The Kier molecular flexibility index (Phi) is 5.11. The second kappa shape index (κ2) is 6.14. The topological polar surface area (TPSA) is 63.4 Å². The summed E-state index contributed by atoms with van der Waals surface area (Å²) in [4.78, 5) is 0. The Bertz CT molecular complexity index is 431. The molecule has 0 saturated heterocycles. The van der Waals surface area contributed by atoms with Crippen LogP contribution in [0.1, 0.15) is 18.4 Å². The lowest BCUT2D eigenvalue weighted by Gasteiger charge is -2.19. The SMILES string of the molecule is CC(CS(=O)(=O)N(C)CCN)c1ccccc1. The molecule has 0 amide bonds. The van der Waals surface area contributed by atoms with Crippen LogP contribution in [0.2, 0.25) is 0 Å². The summed E-state index contributed by atoms with van der Waals surface area (Å²) in [6.07, 6.45) is 0. The molecule has 2 N–H and O–H groups in total. The molecule has 1 unspecified atom stereocenters. The largest absolute Gasteiger partial charge is 0.329 e. The van der Waals surface area contributed by atoms with Crippen molar-refractivity contribution in [3.8, 4) is 0 Å². The molecule has 0 fully saturated rings. The number of nitrogens with zero attached hydrogens (tertiary/aromatic N) is 1. The van der Waals surface area contributed by atoms with Crippen LogP contribution in [0.15, 0.2) is 30.3 Å². The van der Waals surface area contributed by atoms with E-state index >= 15 is 0 Å². The van der Waals surface area contributed by atoms with Gasteiger partial charge in [-0.3, -0.25) is 0 Å². The first-order chi connectivity index (χ1) is 7.97. The highest BCUT2D eigenvalue weighted by molar-refractivity contribution is 7.89. The van der Waals surface area contributed by atoms with Crippen molar-refractivity contribution in [2.45, 2.75) is 12.8 Å². The Hall–Kier alpha value is -0.910. The third-order valence-corrected chi connectivity index (χ3v) is 4.80. The Morgan fingerprint density at radius 3 is 2.41 bits per heavy atom. The molecule has 0 saturated carbocycles. The van der Waals surface area contributed by atoms with Crippen LogP contribution in [0.4, 0.5) is 0 Å². The molecule has 0 aliphatic heterocycles. The minimum Gasteiger partial charge on any atom is -0.329 e. The maximum absolute atomic E-state index is 12.0. The van der Waals surface area contributed by atoms with Crippen molar-refractivity contribution in [1.29, 1.82) is 0 Å². The maximum Gasteiger partial charge on any atom is 0.214 e. The number of likely N-dealkylation sites (N-methyl/N-ethyl adjacent to an activating group) is 1. The van der Waals surface area contributed by atoms with Crippen molar-refractivity contribution in [3.63, 3.8) is 0 Å². The summed E-state index contributed by atoms with van der Waals surface area (Å²) in [6, 6.07) is 9.65. The maximum atomic E-state index is 12.0. The van der Waals surface area contributed by atoms with Gasteiger partial charge in [0.1, 0.15) is 0 Å². The van der Waals surface area contributed by atoms with E-state index in [4.69, 9.17) is 5.73 Å². The predicted molar refractivity (Wildman–Crippen MR) is 70.3 cm³/mol. The van der Waals surface area contributed by atoms with Crippen molar-refractivity contribution in [2.75, 3.05) is 25.9 Å². The molecule has 0 spiro atoms. The standard InChI is InChI=1S/C12H20N2O2S/c1-11(12-6-4-3-5-7-12)10-17(15,16)14(2)9-8-13/h3-7,11H,8-10,13H2,1-2H3. The molecule has 0 bridgehead atoms. The van der Waals surface area contributed by atoms with Crippen molar-refractivity contribution in [1.82, 2.24) is 4.31 Å². The molecule has 1 atom stereocenters. The van der Waals surface area contributed by atoms with E-state index in [2.05, 4.69) is 0 Å². The third kappa shape index (κ3) is 4.11. The summed E-state index contributed by atoms with van der Waals surface area (Å²) in [5.41, 5.74) is 6.40. The molecule has 0 heterocycles. The fraction of sp³-hybridized carbons (Fsp3) is 0.500. The number of rotatable bonds is 6. The Balaban J connectivity index is 2.71. The summed E-state index contributed by atoms with van der Waals surface area (Å²) >= 11 is 0. The average molecular weight is 256 g/mol. The number of sulfonamides is 1. The Labute approximate surface area is 103 Å². The monoisotopic (exact) mass is 256 g/mol. The first kappa shape index (κ1) is 14.2. The molecular formula is C12H20N2O2S. The van der Waals surface area contributed by atoms with Gasteiger partial charge >= 0.3 is 0 Å². The zero-order chi connectivity index (χ0) is 12.9. The van der Waals surface area contributed by atoms with Crippen molar-refractivity contribution in [2.24, 2.45) is 5.73 Å². The highest BCUT2D eigenvalue weighted by Gasteiger charge is 2.21. The highest BCUT2D eigenvalue weighted by Crippen LogP contribution is 2.17. The van der Waals surface area contributed by atoms with E-state index in [1.165, 1.54) is 4.31 Å². The van der Waals surface area contributed by atoms with Crippen LogP contribution in [-0.2, 0) is 10.0 Å². The third-order valence-electron chi connectivity index (χ3n) is 2.75. The average Bonchev–Trinajstić information content (AvgIpc) is 2.30. The molecule has 0 radical (unpaired) electrons. The van der Waals surface area contributed by atoms with E-state index in [1.54, 1.807) is 7.05 Å². The molecule has 1 aromatic rings. The van der Waals surface area contributed by atoms with Gasteiger partial charge in [0.25, 0.3) is 0 Å². The Morgan fingerprint density at radius 2 is 1.88 bits per heavy atom. The molecule has 1 aromatic carbocycles. The minimum atomic E-state index is -3.22. The van der Waals surface area contributed by atoms with Gasteiger partial charge in [-0.05, 0) is 11.5 Å². The van der Waals surface area contributed by atoms with Gasteiger partial charge in [-0.1, -0.05) is 37.3 Å². The van der Waals surface area contributed by atoms with Gasteiger partial charge in [-0.25, -0.2) is 12.7 Å². The predicted octanol–water partition coefficient (Wildman–Crippen LogP) is 1.01. The van der Waals surface area contributed by atoms with Crippen LogP contribution >= 0.6 is 0 Å². The molecule has 0 aliphatic carbocycles. The van der Waals surface area contributed by atoms with Gasteiger partial charge in [0.05, 0.1) is 5.75 Å². The lowest BCUT2D eigenvalue weighted by molar-refractivity contribution is 0.473. The van der Waals surface area contributed by atoms with Crippen molar-refractivity contribution < 1.29 is 8.42 Å². The summed E-state index contributed by atoms with van der Waals surface area (Å²) in [7, 11) is -1.65. The number of hydrogen-bond donors (Lipinski definition) is 1. The lowest BCUT2D eigenvalue weighted by atomic mass is 10.0. The van der Waals surface area contributed by atoms with Crippen LogP contribution in [0.5, 0.6) is 0 Å². The van der Waals surface area contributed by atoms with Gasteiger partial charge in [0.2, 0.25) is 10.0 Å². The van der Waals surface area contributed by atoms with E-state index in [-0.39, 0.29) is 11.7 Å². The molecule has 96 valence electrons. The van der Waals surface area contributed by atoms with Crippen LogP contribution in [0, 0.1) is 0 Å². The smallest absolute Gasteiger partial charge is 0.214 e. The van der Waals surface area contributed by atoms with E-state index < -0.39 is 10.0 Å². The quantitative estimate of drug-likeness (QED) is 0.826. The zero-order valence-corrected chi connectivity index (χ0v) is 11.2. The van der Waals surface area contributed by atoms with Crippen LogP contribution in [0.3, 0.4) is 0 Å². The lowest BCUT2D eigenvalue weighted by Crippen LogP contribution is -2.34. The van der Waals surface area contributed by atoms with Crippen molar-refractivity contribution in [3.05, 3.63) is 35.9 Å². The molecule has 1 rings (SSSR count). The van der Waals surface area contributed by atoms with E-state index in [0.717, 1.165) is 5.56 Å². The van der Waals surface area contributed by atoms with Gasteiger partial charge in [-0.15, -0.1) is 0 Å². The highest BCUT2D eigenvalue weighted by atomic mass is 32.2. The van der Waals surface area contributed by atoms with Crippen molar-refractivity contribution >= 4 is 10.0 Å².